The van der Waals surface area contributed by atoms with Gasteiger partial charge in [-0.05, 0) is 5.56 Å². The first kappa shape index (κ1) is 11.9. The third kappa shape index (κ3) is 3.53. The Morgan fingerprint density at radius 2 is 2.00 bits per heavy atom. The van der Waals surface area contributed by atoms with Gasteiger partial charge in [0.1, 0.15) is 0 Å². The molecule has 0 radical (unpaired) electrons. The van der Waals surface area contributed by atoms with E-state index in [9.17, 15) is 9.59 Å². The van der Waals surface area contributed by atoms with Crippen molar-refractivity contribution in [3.05, 3.63) is 35.9 Å². The molecule has 1 aromatic rings. The smallest absolute Gasteiger partial charge is 0.329 e. The quantitative estimate of drug-likeness (QED) is 0.437. The van der Waals surface area contributed by atoms with Gasteiger partial charge >= 0.3 is 11.8 Å². The van der Waals surface area contributed by atoms with Gasteiger partial charge in [0, 0.05) is 12.1 Å². The van der Waals surface area contributed by atoms with Crippen molar-refractivity contribution in [1.82, 2.24) is 5.43 Å². The molecule has 0 fully saturated rings. The molecule has 3 N–H and O–H groups in total. The van der Waals surface area contributed by atoms with E-state index in [0.29, 0.717) is 0 Å². The Morgan fingerprint density at radius 3 is 2.56 bits per heavy atom. The molecule has 0 bridgehead atoms. The molecule has 2 amide bonds. The summed E-state index contributed by atoms with van der Waals surface area (Å²) in [6.45, 7) is 1.93. The Labute approximate surface area is 93.3 Å². The molecule has 0 saturated heterocycles. The lowest BCUT2D eigenvalue weighted by molar-refractivity contribution is -0.137. The SMILES string of the molecule is CC(C=NNC(=O)C(N)=O)c1ccccc1. The normalized spacial score (nSPS) is 12.3. The first-order valence-electron chi connectivity index (χ1n) is 4.79. The van der Waals surface area contributed by atoms with E-state index in [2.05, 4.69) is 5.10 Å². The van der Waals surface area contributed by atoms with Crippen LogP contribution in [0.2, 0.25) is 0 Å². The minimum atomic E-state index is -1.05. The maximum Gasteiger partial charge on any atom is 0.329 e. The van der Waals surface area contributed by atoms with Crippen LogP contribution in [0.1, 0.15) is 18.4 Å². The summed E-state index contributed by atoms with van der Waals surface area (Å²) < 4.78 is 0. The highest BCUT2D eigenvalue weighted by Crippen LogP contribution is 2.11. The molecule has 5 heteroatoms. The molecule has 0 aliphatic heterocycles. The fourth-order valence-corrected chi connectivity index (χ4v) is 1.11. The van der Waals surface area contributed by atoms with E-state index in [1.54, 1.807) is 0 Å². The maximum atomic E-state index is 10.8. The number of carbonyl (C=O) groups excluding carboxylic acids is 2. The highest BCUT2D eigenvalue weighted by molar-refractivity contribution is 6.34. The van der Waals surface area contributed by atoms with Gasteiger partial charge in [0.15, 0.2) is 0 Å². The molecule has 0 aliphatic rings. The second kappa shape index (κ2) is 5.65. The predicted octanol–water partition coefficient (Wildman–Crippen LogP) is 0.377. The Bertz CT molecular complexity index is 401. The average molecular weight is 219 g/mol. The number of nitrogens with zero attached hydrogens (tertiary/aromatic N) is 1. The number of primary amides is 1. The van der Waals surface area contributed by atoms with Crippen molar-refractivity contribution in [3.8, 4) is 0 Å². The van der Waals surface area contributed by atoms with Crippen LogP contribution in [0, 0.1) is 0 Å². The van der Waals surface area contributed by atoms with Crippen LogP contribution >= 0.6 is 0 Å². The largest absolute Gasteiger partial charge is 0.361 e. The van der Waals surface area contributed by atoms with Gasteiger partial charge in [-0.2, -0.15) is 5.10 Å². The van der Waals surface area contributed by atoms with Crippen molar-refractivity contribution in [1.29, 1.82) is 0 Å². The summed E-state index contributed by atoms with van der Waals surface area (Å²) in [4.78, 5) is 21.1. The van der Waals surface area contributed by atoms with Crippen LogP contribution in [-0.2, 0) is 9.59 Å². The summed E-state index contributed by atoms with van der Waals surface area (Å²) in [6.07, 6.45) is 1.54. The number of hydrogen-bond donors (Lipinski definition) is 2. The van der Waals surface area contributed by atoms with Crippen molar-refractivity contribution in [3.63, 3.8) is 0 Å². The summed E-state index contributed by atoms with van der Waals surface area (Å²) in [6, 6.07) is 9.66. The standard InChI is InChI=1S/C11H13N3O2/c1-8(9-5-3-2-4-6-9)7-13-14-11(16)10(12)15/h2-8H,1H3,(H2,12,15)(H,14,16). The van der Waals surface area contributed by atoms with Crippen LogP contribution in [0.15, 0.2) is 35.4 Å². The summed E-state index contributed by atoms with van der Waals surface area (Å²) in [5.74, 6) is -1.92. The zero-order valence-electron chi connectivity index (χ0n) is 8.88. The summed E-state index contributed by atoms with van der Waals surface area (Å²) in [7, 11) is 0. The molecular weight excluding hydrogens is 206 g/mol. The molecule has 0 aromatic heterocycles. The molecule has 1 unspecified atom stereocenters. The highest BCUT2D eigenvalue weighted by atomic mass is 16.2. The Kier molecular flexibility index (Phi) is 4.20. The molecule has 16 heavy (non-hydrogen) atoms. The van der Waals surface area contributed by atoms with Crippen molar-refractivity contribution in [2.75, 3.05) is 0 Å². The molecule has 1 atom stereocenters. The van der Waals surface area contributed by atoms with Crippen LogP contribution in [0.3, 0.4) is 0 Å². The first-order valence-corrected chi connectivity index (χ1v) is 4.79. The van der Waals surface area contributed by atoms with Crippen molar-refractivity contribution >= 4 is 18.0 Å². The monoisotopic (exact) mass is 219 g/mol. The molecule has 0 saturated carbocycles. The van der Waals surface area contributed by atoms with Gasteiger partial charge in [-0.1, -0.05) is 37.3 Å². The van der Waals surface area contributed by atoms with Crippen LogP contribution < -0.4 is 11.2 Å². The molecule has 5 nitrogen and oxygen atoms in total. The molecule has 1 aromatic carbocycles. The van der Waals surface area contributed by atoms with Gasteiger partial charge in [-0.25, -0.2) is 5.43 Å². The number of carbonyl (C=O) groups is 2. The molecule has 1 rings (SSSR count). The summed E-state index contributed by atoms with van der Waals surface area (Å²) >= 11 is 0. The summed E-state index contributed by atoms with van der Waals surface area (Å²) in [5.41, 5.74) is 7.85. The van der Waals surface area contributed by atoms with Gasteiger partial charge in [0.05, 0.1) is 0 Å². The van der Waals surface area contributed by atoms with E-state index < -0.39 is 11.8 Å². The second-order valence-electron chi connectivity index (χ2n) is 3.28. The number of nitrogens with two attached hydrogens (primary N) is 1. The lowest BCUT2D eigenvalue weighted by atomic mass is 10.0. The van der Waals surface area contributed by atoms with Crippen LogP contribution in [0.4, 0.5) is 0 Å². The molecule has 0 aliphatic carbocycles. The zero-order valence-corrected chi connectivity index (χ0v) is 8.88. The van der Waals surface area contributed by atoms with Crippen molar-refractivity contribution < 1.29 is 9.59 Å². The topological polar surface area (TPSA) is 84.6 Å². The van der Waals surface area contributed by atoms with Gasteiger partial charge in [0.25, 0.3) is 0 Å². The van der Waals surface area contributed by atoms with E-state index in [1.165, 1.54) is 6.21 Å². The van der Waals surface area contributed by atoms with Gasteiger partial charge in [0.2, 0.25) is 0 Å². The number of hydrogen-bond acceptors (Lipinski definition) is 3. The minimum absolute atomic E-state index is 0.0503. The highest BCUT2D eigenvalue weighted by Gasteiger charge is 2.06. The van der Waals surface area contributed by atoms with E-state index in [1.807, 2.05) is 42.7 Å². The number of rotatable bonds is 3. The number of nitrogens with one attached hydrogen (secondary N) is 1. The van der Waals surface area contributed by atoms with Crippen LogP contribution in [0.5, 0.6) is 0 Å². The van der Waals surface area contributed by atoms with E-state index in [-0.39, 0.29) is 5.92 Å². The Hall–Kier alpha value is -2.17. The Balaban J connectivity index is 2.52. The van der Waals surface area contributed by atoms with Crippen molar-refractivity contribution in [2.45, 2.75) is 12.8 Å². The molecule has 84 valence electrons. The lowest BCUT2D eigenvalue weighted by Gasteiger charge is -2.04. The maximum absolute atomic E-state index is 10.8. The molecule has 0 spiro atoms. The predicted molar refractivity (Wildman–Crippen MR) is 60.7 cm³/mol. The second-order valence-corrected chi connectivity index (χ2v) is 3.28. The van der Waals surface area contributed by atoms with Gasteiger partial charge in [-0.3, -0.25) is 9.59 Å². The average Bonchev–Trinajstić information content (AvgIpc) is 2.29. The fourth-order valence-electron chi connectivity index (χ4n) is 1.11. The van der Waals surface area contributed by atoms with Gasteiger partial charge < -0.3 is 5.73 Å². The minimum Gasteiger partial charge on any atom is -0.361 e. The van der Waals surface area contributed by atoms with Crippen LogP contribution in [-0.4, -0.2) is 18.0 Å². The summed E-state index contributed by atoms with van der Waals surface area (Å²) in [5, 5.41) is 3.64. The first-order chi connectivity index (χ1) is 7.61. The van der Waals surface area contributed by atoms with Crippen LogP contribution in [0.25, 0.3) is 0 Å². The van der Waals surface area contributed by atoms with Gasteiger partial charge in [-0.15, -0.1) is 0 Å². The molecule has 0 heterocycles. The number of hydrazone groups is 1. The van der Waals surface area contributed by atoms with Crippen molar-refractivity contribution in [2.24, 2.45) is 10.8 Å². The Morgan fingerprint density at radius 1 is 1.38 bits per heavy atom. The third-order valence-electron chi connectivity index (χ3n) is 2.01. The van der Waals surface area contributed by atoms with E-state index >= 15 is 0 Å². The lowest BCUT2D eigenvalue weighted by Crippen LogP contribution is -2.33. The third-order valence-corrected chi connectivity index (χ3v) is 2.01. The van der Waals surface area contributed by atoms with E-state index in [4.69, 9.17) is 5.73 Å². The zero-order chi connectivity index (χ0) is 12.0. The number of amides is 2. The number of benzene rings is 1. The van der Waals surface area contributed by atoms with E-state index in [0.717, 1.165) is 5.56 Å². The fraction of sp³-hybridized carbons (Fsp3) is 0.182. The molecular formula is C11H13N3O2.